The van der Waals surface area contributed by atoms with Gasteiger partial charge in [0.05, 0.1) is 12.7 Å². The van der Waals surface area contributed by atoms with E-state index in [0.717, 1.165) is 11.6 Å². The Balaban J connectivity index is 2.22. The highest BCUT2D eigenvalue weighted by Gasteiger charge is 2.21. The van der Waals surface area contributed by atoms with E-state index in [4.69, 9.17) is 4.74 Å². The lowest BCUT2D eigenvalue weighted by Gasteiger charge is -2.11. The highest BCUT2D eigenvalue weighted by molar-refractivity contribution is 6.00. The minimum absolute atomic E-state index is 0.0712. The summed E-state index contributed by atoms with van der Waals surface area (Å²) >= 11 is 0. The van der Waals surface area contributed by atoms with Crippen LogP contribution < -0.4 is 4.74 Å². The van der Waals surface area contributed by atoms with E-state index in [1.807, 2.05) is 30.3 Å². The van der Waals surface area contributed by atoms with Crippen LogP contribution in [-0.2, 0) is 6.42 Å². The van der Waals surface area contributed by atoms with Gasteiger partial charge >= 0.3 is 0 Å². The average Bonchev–Trinajstić information content (AvgIpc) is 2.50. The number of hydrogen-bond donors (Lipinski definition) is 3. The van der Waals surface area contributed by atoms with Gasteiger partial charge in [-0.1, -0.05) is 30.3 Å². The van der Waals surface area contributed by atoms with Crippen molar-refractivity contribution in [3.8, 4) is 23.0 Å². The number of ether oxygens (including phenoxy) is 1. The predicted octanol–water partition coefficient (Wildman–Crippen LogP) is 2.63. The first-order chi connectivity index (χ1) is 10.0. The summed E-state index contributed by atoms with van der Waals surface area (Å²) in [6.45, 7) is 0. The number of aromatic hydroxyl groups is 3. The summed E-state index contributed by atoms with van der Waals surface area (Å²) in [5.41, 5.74) is 0.929. The number of carbonyl (C=O) groups is 1. The molecule has 0 atom stereocenters. The van der Waals surface area contributed by atoms with Crippen molar-refractivity contribution in [2.24, 2.45) is 0 Å². The summed E-state index contributed by atoms with van der Waals surface area (Å²) in [5, 5.41) is 29.1. The Hall–Kier alpha value is -2.69. The molecule has 0 heterocycles. The Morgan fingerprint density at radius 1 is 1.10 bits per heavy atom. The largest absolute Gasteiger partial charge is 0.504 e. The van der Waals surface area contributed by atoms with E-state index < -0.39 is 17.2 Å². The number of methoxy groups -OCH3 is 1. The minimum atomic E-state index is -0.588. The van der Waals surface area contributed by atoms with Crippen LogP contribution in [0, 0.1) is 0 Å². The third-order valence-corrected chi connectivity index (χ3v) is 3.20. The molecule has 3 N–H and O–H groups in total. The van der Waals surface area contributed by atoms with Gasteiger partial charge in [-0.15, -0.1) is 0 Å². The summed E-state index contributed by atoms with van der Waals surface area (Å²) in [6.07, 6.45) is 0.689. The van der Waals surface area contributed by atoms with E-state index in [1.165, 1.54) is 7.11 Å². The van der Waals surface area contributed by atoms with Crippen molar-refractivity contribution < 1.29 is 24.9 Å². The second-order valence-electron chi connectivity index (χ2n) is 4.58. The molecule has 0 spiro atoms. The number of carbonyl (C=O) groups excluding carboxylic acids is 1. The van der Waals surface area contributed by atoms with Crippen LogP contribution >= 0.6 is 0 Å². The number of phenolic OH excluding ortho intramolecular Hbond substituents is 3. The maximum Gasteiger partial charge on any atom is 0.207 e. The molecule has 0 bridgehead atoms. The zero-order valence-corrected chi connectivity index (χ0v) is 11.5. The summed E-state index contributed by atoms with van der Waals surface area (Å²) < 4.78 is 4.80. The minimum Gasteiger partial charge on any atom is -0.504 e. The van der Waals surface area contributed by atoms with Crippen molar-refractivity contribution in [3.05, 3.63) is 47.5 Å². The third kappa shape index (κ3) is 3.08. The molecule has 0 radical (unpaired) electrons. The molecule has 0 unspecified atom stereocenters. The van der Waals surface area contributed by atoms with Crippen LogP contribution in [-0.4, -0.2) is 28.2 Å². The van der Waals surface area contributed by atoms with E-state index in [0.29, 0.717) is 6.42 Å². The maximum atomic E-state index is 12.2. The van der Waals surface area contributed by atoms with Gasteiger partial charge in [0.2, 0.25) is 11.5 Å². The molecule has 5 heteroatoms. The maximum absolute atomic E-state index is 12.2. The van der Waals surface area contributed by atoms with Crippen LogP contribution in [0.1, 0.15) is 22.3 Å². The van der Waals surface area contributed by atoms with E-state index >= 15 is 0 Å². The van der Waals surface area contributed by atoms with Crippen LogP contribution in [0.3, 0.4) is 0 Å². The fraction of sp³-hybridized carbons (Fsp3) is 0.188. The molecule has 0 amide bonds. The molecule has 21 heavy (non-hydrogen) atoms. The SMILES string of the molecule is COc1c(O)c(O)cc(C(=O)CCc2ccccc2)c1O. The first kappa shape index (κ1) is 14.7. The smallest absolute Gasteiger partial charge is 0.207 e. The lowest BCUT2D eigenvalue weighted by Crippen LogP contribution is -2.03. The zero-order valence-electron chi connectivity index (χ0n) is 11.5. The van der Waals surface area contributed by atoms with Gasteiger partial charge in [-0.3, -0.25) is 4.79 Å². The number of hydrogen-bond acceptors (Lipinski definition) is 5. The highest BCUT2D eigenvalue weighted by Crippen LogP contribution is 2.44. The molecule has 0 aliphatic rings. The van der Waals surface area contributed by atoms with Crippen molar-refractivity contribution in [2.75, 3.05) is 7.11 Å². The van der Waals surface area contributed by atoms with Gasteiger partial charge in [-0.2, -0.15) is 0 Å². The molecule has 0 aliphatic heterocycles. The Bertz CT molecular complexity index is 649. The molecule has 2 rings (SSSR count). The van der Waals surface area contributed by atoms with Gasteiger partial charge < -0.3 is 20.1 Å². The third-order valence-electron chi connectivity index (χ3n) is 3.20. The molecule has 0 saturated carbocycles. The standard InChI is InChI=1S/C16H16O5/c1-21-16-14(19)11(9-13(18)15(16)20)12(17)8-7-10-5-3-2-4-6-10/h2-6,9,18-20H,7-8H2,1H3. The van der Waals surface area contributed by atoms with Crippen LogP contribution in [0.2, 0.25) is 0 Å². The zero-order chi connectivity index (χ0) is 15.4. The van der Waals surface area contributed by atoms with E-state index in [1.54, 1.807) is 0 Å². The highest BCUT2D eigenvalue weighted by atomic mass is 16.5. The second kappa shape index (κ2) is 6.17. The molecular weight excluding hydrogens is 272 g/mol. The van der Waals surface area contributed by atoms with Gasteiger partial charge in [0.1, 0.15) is 0 Å². The topological polar surface area (TPSA) is 87.0 Å². The lowest BCUT2D eigenvalue weighted by atomic mass is 10.0. The average molecular weight is 288 g/mol. The molecule has 110 valence electrons. The predicted molar refractivity (Wildman–Crippen MR) is 77.1 cm³/mol. The van der Waals surface area contributed by atoms with Gasteiger partial charge in [0.15, 0.2) is 17.3 Å². The van der Waals surface area contributed by atoms with Crippen LogP contribution in [0.4, 0.5) is 0 Å². The summed E-state index contributed by atoms with van der Waals surface area (Å²) in [4.78, 5) is 12.2. The quantitative estimate of drug-likeness (QED) is 0.447. The van der Waals surface area contributed by atoms with E-state index in [-0.39, 0.29) is 23.5 Å². The molecule has 0 aliphatic carbocycles. The van der Waals surface area contributed by atoms with Gasteiger partial charge in [0, 0.05) is 6.42 Å². The van der Waals surface area contributed by atoms with Crippen molar-refractivity contribution in [1.29, 1.82) is 0 Å². The van der Waals surface area contributed by atoms with Crippen LogP contribution in [0.25, 0.3) is 0 Å². The fourth-order valence-corrected chi connectivity index (χ4v) is 2.07. The fourth-order valence-electron chi connectivity index (χ4n) is 2.07. The Kier molecular flexibility index (Phi) is 4.33. The number of Topliss-reactive ketones (excluding diaryl/α,β-unsaturated/α-hetero) is 1. The van der Waals surface area contributed by atoms with Gasteiger partial charge in [0.25, 0.3) is 0 Å². The number of benzene rings is 2. The van der Waals surface area contributed by atoms with Crippen molar-refractivity contribution in [1.82, 2.24) is 0 Å². The van der Waals surface area contributed by atoms with Gasteiger partial charge in [-0.05, 0) is 18.1 Å². The molecule has 2 aromatic rings. The summed E-state index contributed by atoms with van der Waals surface area (Å²) in [7, 11) is 1.23. The Morgan fingerprint density at radius 3 is 2.38 bits per heavy atom. The number of rotatable bonds is 5. The lowest BCUT2D eigenvalue weighted by molar-refractivity contribution is 0.0979. The number of phenols is 3. The number of ketones is 1. The first-order valence-corrected chi connectivity index (χ1v) is 6.43. The number of aryl methyl sites for hydroxylation is 1. The molecule has 0 saturated heterocycles. The van der Waals surface area contributed by atoms with Crippen LogP contribution in [0.15, 0.2) is 36.4 Å². The van der Waals surface area contributed by atoms with Crippen molar-refractivity contribution in [3.63, 3.8) is 0 Å². The monoisotopic (exact) mass is 288 g/mol. The molecule has 5 nitrogen and oxygen atoms in total. The van der Waals surface area contributed by atoms with Crippen LogP contribution in [0.5, 0.6) is 23.0 Å². The molecule has 2 aromatic carbocycles. The van der Waals surface area contributed by atoms with Crippen molar-refractivity contribution in [2.45, 2.75) is 12.8 Å². The summed E-state index contributed by atoms with van der Waals surface area (Å²) in [6, 6.07) is 10.5. The first-order valence-electron chi connectivity index (χ1n) is 6.43. The normalized spacial score (nSPS) is 10.3. The second-order valence-corrected chi connectivity index (χ2v) is 4.58. The Labute approximate surface area is 122 Å². The van der Waals surface area contributed by atoms with Crippen molar-refractivity contribution >= 4 is 5.78 Å². The van der Waals surface area contributed by atoms with E-state index in [2.05, 4.69) is 0 Å². The molecule has 0 aromatic heterocycles. The summed E-state index contributed by atoms with van der Waals surface area (Å²) in [5.74, 6) is -2.21. The van der Waals surface area contributed by atoms with Gasteiger partial charge in [-0.25, -0.2) is 0 Å². The molecule has 0 fully saturated rings. The molecular formula is C16H16O5. The van der Waals surface area contributed by atoms with E-state index in [9.17, 15) is 20.1 Å². The Morgan fingerprint density at radius 2 is 1.76 bits per heavy atom.